The van der Waals surface area contributed by atoms with Crippen molar-refractivity contribution >= 4 is 26.5 Å². The third-order valence-electron chi connectivity index (χ3n) is 5.47. The van der Waals surface area contributed by atoms with Crippen molar-refractivity contribution in [1.82, 2.24) is 9.62 Å². The van der Waals surface area contributed by atoms with Crippen LogP contribution in [-0.2, 0) is 16.6 Å². The second kappa shape index (κ2) is 8.14. The Labute approximate surface area is 173 Å². The van der Waals surface area contributed by atoms with Crippen molar-refractivity contribution in [2.75, 3.05) is 32.1 Å². The van der Waals surface area contributed by atoms with Crippen molar-refractivity contribution in [3.63, 3.8) is 0 Å². The summed E-state index contributed by atoms with van der Waals surface area (Å²) in [4.78, 5) is 4.65. The monoisotopic (exact) mass is 409 g/mol. The quantitative estimate of drug-likeness (QED) is 0.677. The van der Waals surface area contributed by atoms with E-state index < -0.39 is 10.0 Å². The molecule has 0 saturated carbocycles. The molecule has 1 fully saturated rings. The molecule has 6 heteroatoms. The van der Waals surface area contributed by atoms with E-state index in [0.717, 1.165) is 42.5 Å². The van der Waals surface area contributed by atoms with Gasteiger partial charge in [0.25, 0.3) is 0 Å². The van der Waals surface area contributed by atoms with E-state index in [1.54, 1.807) is 6.07 Å². The third-order valence-corrected chi connectivity index (χ3v) is 7.05. The van der Waals surface area contributed by atoms with E-state index in [1.165, 1.54) is 5.56 Å². The van der Waals surface area contributed by atoms with Crippen LogP contribution in [0.4, 0.5) is 5.69 Å². The number of hydrogen-bond acceptors (Lipinski definition) is 4. The van der Waals surface area contributed by atoms with Crippen LogP contribution >= 0.6 is 0 Å². The van der Waals surface area contributed by atoms with Gasteiger partial charge in [0.05, 0.1) is 4.90 Å². The Kier molecular flexibility index (Phi) is 5.58. The number of likely N-dealkylation sites (tertiary alicyclic amines) is 1. The number of nitrogens with zero attached hydrogens (tertiary/aromatic N) is 2. The van der Waals surface area contributed by atoms with Crippen LogP contribution in [-0.4, -0.2) is 46.5 Å². The summed E-state index contributed by atoms with van der Waals surface area (Å²) in [6.07, 6.45) is 0.819. The first-order valence-electron chi connectivity index (χ1n) is 9.92. The molecule has 0 aliphatic carbocycles. The molecule has 1 aliphatic heterocycles. The second-order valence-electron chi connectivity index (χ2n) is 7.85. The lowest BCUT2D eigenvalue weighted by molar-refractivity contribution is 0.324. The first kappa shape index (κ1) is 19.9. The molecule has 0 aromatic heterocycles. The number of fused-ring (bicyclic) bond motifs is 1. The van der Waals surface area contributed by atoms with E-state index in [2.05, 4.69) is 21.8 Å². The van der Waals surface area contributed by atoms with Gasteiger partial charge in [-0.1, -0.05) is 54.6 Å². The Morgan fingerprint density at radius 2 is 1.69 bits per heavy atom. The maximum Gasteiger partial charge on any atom is 0.241 e. The van der Waals surface area contributed by atoms with Gasteiger partial charge < -0.3 is 4.90 Å². The lowest BCUT2D eigenvalue weighted by Gasteiger charge is -2.19. The molecule has 1 atom stereocenters. The summed E-state index contributed by atoms with van der Waals surface area (Å²) >= 11 is 0. The van der Waals surface area contributed by atoms with Crippen molar-refractivity contribution in [2.24, 2.45) is 0 Å². The zero-order chi connectivity index (χ0) is 20.4. The second-order valence-corrected chi connectivity index (χ2v) is 9.53. The van der Waals surface area contributed by atoms with Gasteiger partial charge in [-0.05, 0) is 24.1 Å². The molecule has 5 nitrogen and oxygen atoms in total. The first-order valence-corrected chi connectivity index (χ1v) is 11.4. The number of sulfonamides is 1. The highest BCUT2D eigenvalue weighted by Gasteiger charge is 2.28. The van der Waals surface area contributed by atoms with Crippen LogP contribution < -0.4 is 9.62 Å². The fourth-order valence-corrected chi connectivity index (χ4v) is 5.57. The molecule has 0 amide bonds. The van der Waals surface area contributed by atoms with E-state index in [1.807, 2.05) is 67.5 Å². The van der Waals surface area contributed by atoms with Crippen molar-refractivity contribution in [2.45, 2.75) is 23.9 Å². The summed E-state index contributed by atoms with van der Waals surface area (Å²) in [5.41, 5.74) is 2.26. The van der Waals surface area contributed by atoms with E-state index in [0.29, 0.717) is 4.90 Å². The summed E-state index contributed by atoms with van der Waals surface area (Å²) in [5.74, 6) is 0. The maximum absolute atomic E-state index is 13.2. The van der Waals surface area contributed by atoms with Gasteiger partial charge in [-0.3, -0.25) is 4.90 Å². The zero-order valence-corrected chi connectivity index (χ0v) is 17.7. The van der Waals surface area contributed by atoms with E-state index >= 15 is 0 Å². The summed E-state index contributed by atoms with van der Waals surface area (Å²) in [5, 5.41) is 1.70. The molecule has 0 spiro atoms. The Morgan fingerprint density at radius 1 is 0.966 bits per heavy atom. The van der Waals surface area contributed by atoms with Gasteiger partial charge in [-0.15, -0.1) is 0 Å². The van der Waals surface area contributed by atoms with Crippen LogP contribution in [0.25, 0.3) is 10.8 Å². The topological polar surface area (TPSA) is 52.7 Å². The number of hydrogen-bond donors (Lipinski definition) is 1. The largest absolute Gasteiger partial charge is 0.377 e. The minimum atomic E-state index is -3.60. The molecule has 3 aromatic rings. The number of nitrogens with one attached hydrogen (secondary N) is 1. The molecule has 152 valence electrons. The Bertz CT molecular complexity index is 1100. The molecule has 1 heterocycles. The van der Waals surface area contributed by atoms with E-state index in [4.69, 9.17) is 0 Å². The number of benzene rings is 3. The van der Waals surface area contributed by atoms with E-state index in [-0.39, 0.29) is 6.04 Å². The molecule has 1 N–H and O–H groups in total. The molecule has 4 rings (SSSR count). The highest BCUT2D eigenvalue weighted by molar-refractivity contribution is 7.89. The average Bonchev–Trinajstić information content (AvgIpc) is 3.13. The van der Waals surface area contributed by atoms with Gasteiger partial charge in [0.1, 0.15) is 0 Å². The van der Waals surface area contributed by atoms with Crippen molar-refractivity contribution in [3.8, 4) is 0 Å². The molecule has 0 bridgehead atoms. The van der Waals surface area contributed by atoms with Crippen LogP contribution in [0.2, 0.25) is 0 Å². The number of rotatable bonds is 6. The molecular weight excluding hydrogens is 382 g/mol. The smallest absolute Gasteiger partial charge is 0.241 e. The van der Waals surface area contributed by atoms with Crippen LogP contribution in [0.15, 0.2) is 71.6 Å². The zero-order valence-electron chi connectivity index (χ0n) is 16.9. The molecule has 1 aliphatic rings. The molecule has 1 saturated heterocycles. The standard InChI is InChI=1S/C23H27N3O2S/c1-25(2)22-12-6-11-21-20(22)10-7-13-23(21)29(27,28)24-19-14-15-26(17-19)16-18-8-4-3-5-9-18/h3-13,19,24H,14-17H2,1-2H3. The summed E-state index contributed by atoms with van der Waals surface area (Å²) < 4.78 is 29.4. The highest BCUT2D eigenvalue weighted by atomic mass is 32.2. The Hall–Kier alpha value is -2.41. The highest BCUT2D eigenvalue weighted by Crippen LogP contribution is 2.30. The van der Waals surface area contributed by atoms with Gasteiger partial charge in [0.2, 0.25) is 10.0 Å². The van der Waals surface area contributed by atoms with Gasteiger partial charge in [0.15, 0.2) is 0 Å². The first-order chi connectivity index (χ1) is 13.9. The normalized spacial score (nSPS) is 17.7. The minimum Gasteiger partial charge on any atom is -0.377 e. The molecular formula is C23H27N3O2S. The Morgan fingerprint density at radius 3 is 2.45 bits per heavy atom. The van der Waals surface area contributed by atoms with Crippen LogP contribution in [0, 0.1) is 0 Å². The average molecular weight is 410 g/mol. The minimum absolute atomic E-state index is 0.0731. The third kappa shape index (κ3) is 4.29. The van der Waals surface area contributed by atoms with Crippen molar-refractivity contribution < 1.29 is 8.42 Å². The number of anilines is 1. The lowest BCUT2D eigenvalue weighted by atomic mass is 10.1. The van der Waals surface area contributed by atoms with Gasteiger partial charge in [0, 0.05) is 56.2 Å². The lowest BCUT2D eigenvalue weighted by Crippen LogP contribution is -2.37. The van der Waals surface area contributed by atoms with Gasteiger partial charge >= 0.3 is 0 Å². The van der Waals surface area contributed by atoms with Crippen LogP contribution in [0.5, 0.6) is 0 Å². The van der Waals surface area contributed by atoms with Crippen molar-refractivity contribution in [3.05, 3.63) is 72.3 Å². The molecule has 0 radical (unpaired) electrons. The van der Waals surface area contributed by atoms with Crippen LogP contribution in [0.1, 0.15) is 12.0 Å². The van der Waals surface area contributed by atoms with Crippen molar-refractivity contribution in [1.29, 1.82) is 0 Å². The summed E-state index contributed by atoms with van der Waals surface area (Å²) in [6, 6.07) is 21.5. The Balaban J connectivity index is 1.53. The maximum atomic E-state index is 13.2. The fourth-order valence-electron chi connectivity index (χ4n) is 4.09. The van der Waals surface area contributed by atoms with Gasteiger partial charge in [-0.2, -0.15) is 0 Å². The predicted molar refractivity (Wildman–Crippen MR) is 119 cm³/mol. The van der Waals surface area contributed by atoms with E-state index in [9.17, 15) is 8.42 Å². The predicted octanol–water partition coefficient (Wildman–Crippen LogP) is 3.46. The molecule has 3 aromatic carbocycles. The van der Waals surface area contributed by atoms with Crippen LogP contribution in [0.3, 0.4) is 0 Å². The summed E-state index contributed by atoms with van der Waals surface area (Å²) in [6.45, 7) is 2.46. The molecule has 29 heavy (non-hydrogen) atoms. The summed E-state index contributed by atoms with van der Waals surface area (Å²) in [7, 11) is 0.328. The fraction of sp³-hybridized carbons (Fsp3) is 0.304. The molecule has 1 unspecified atom stereocenters. The van der Waals surface area contributed by atoms with Gasteiger partial charge in [-0.25, -0.2) is 13.1 Å². The SMILES string of the molecule is CN(C)c1cccc2c(S(=O)(=O)NC3CCN(Cc4ccccc4)C3)cccc12.